The maximum atomic E-state index is 12.7. The molecule has 0 unspecified atom stereocenters. The highest BCUT2D eigenvalue weighted by atomic mass is 19.4. The van der Waals surface area contributed by atoms with Crippen LogP contribution in [0.1, 0.15) is 10.4 Å². The van der Waals surface area contributed by atoms with Crippen LogP contribution >= 0.6 is 0 Å². The number of aliphatic carboxylic acids is 1. The number of anilines is 1. The van der Waals surface area contributed by atoms with Gasteiger partial charge in [0.15, 0.2) is 0 Å². The zero-order valence-corrected chi connectivity index (χ0v) is 20.3. The molecular formula is C25H27F3N4O6. The number of morpholine rings is 1. The summed E-state index contributed by atoms with van der Waals surface area (Å²) in [5.74, 6) is -1.40. The Hall–Kier alpha value is -3.84. The number of rotatable bonds is 4. The van der Waals surface area contributed by atoms with Gasteiger partial charge in [-0.05, 0) is 48.5 Å². The Balaban J connectivity index is 0.000000426. The number of fused-ring (bicyclic) bond motifs is 1. The third-order valence-corrected chi connectivity index (χ3v) is 6.25. The number of halogens is 3. The Morgan fingerprint density at radius 2 is 1.55 bits per heavy atom. The van der Waals surface area contributed by atoms with E-state index in [0.717, 1.165) is 25.3 Å². The Labute approximate surface area is 216 Å². The minimum atomic E-state index is -5.08. The molecule has 2 aromatic carbocycles. The first-order valence-electron chi connectivity index (χ1n) is 12.0. The minimum absolute atomic E-state index is 0.0148. The van der Waals surface area contributed by atoms with Crippen LogP contribution < -0.4 is 15.0 Å². The van der Waals surface area contributed by atoms with Crippen molar-refractivity contribution in [3.8, 4) is 11.5 Å². The van der Waals surface area contributed by atoms with E-state index in [-0.39, 0.29) is 18.0 Å². The summed E-state index contributed by atoms with van der Waals surface area (Å²) in [6.45, 7) is 5.56. The second-order valence-corrected chi connectivity index (χ2v) is 8.77. The Kier molecular flexibility index (Phi) is 8.37. The molecule has 5 rings (SSSR count). The van der Waals surface area contributed by atoms with Gasteiger partial charge >= 0.3 is 18.2 Å². The van der Waals surface area contributed by atoms with Crippen LogP contribution in [0.3, 0.4) is 0 Å². The monoisotopic (exact) mass is 536 g/mol. The van der Waals surface area contributed by atoms with Gasteiger partial charge in [0.25, 0.3) is 5.91 Å². The van der Waals surface area contributed by atoms with Crippen molar-refractivity contribution in [2.24, 2.45) is 0 Å². The quantitative estimate of drug-likeness (QED) is 0.618. The fourth-order valence-electron chi connectivity index (χ4n) is 4.28. The van der Waals surface area contributed by atoms with Crippen molar-refractivity contribution in [2.45, 2.75) is 12.2 Å². The Morgan fingerprint density at radius 3 is 2.11 bits per heavy atom. The molecule has 0 radical (unpaired) electrons. The molecule has 0 spiro atoms. The molecule has 3 saturated heterocycles. The molecule has 0 aromatic heterocycles. The summed E-state index contributed by atoms with van der Waals surface area (Å²) < 4.78 is 43.0. The van der Waals surface area contributed by atoms with Crippen LogP contribution in [-0.2, 0) is 9.53 Å². The third-order valence-electron chi connectivity index (χ3n) is 6.25. The number of hydrogen-bond donors (Lipinski definition) is 2. The summed E-state index contributed by atoms with van der Waals surface area (Å²) in [6.07, 6.45) is -5.08. The van der Waals surface area contributed by atoms with Gasteiger partial charge in [0.1, 0.15) is 11.5 Å². The van der Waals surface area contributed by atoms with Crippen molar-refractivity contribution in [1.82, 2.24) is 15.1 Å². The van der Waals surface area contributed by atoms with Gasteiger partial charge in [-0.25, -0.2) is 9.59 Å². The second kappa shape index (κ2) is 11.7. The molecule has 1 atom stereocenters. The van der Waals surface area contributed by atoms with Crippen LogP contribution in [0.25, 0.3) is 0 Å². The maximum Gasteiger partial charge on any atom is 0.490 e. The van der Waals surface area contributed by atoms with Crippen LogP contribution in [0.4, 0.5) is 23.7 Å². The average Bonchev–Trinajstić information content (AvgIpc) is 3.26. The molecule has 3 fully saturated rings. The summed E-state index contributed by atoms with van der Waals surface area (Å²) in [5, 5.41) is 10.5. The highest BCUT2D eigenvalue weighted by Crippen LogP contribution is 2.28. The van der Waals surface area contributed by atoms with E-state index in [1.807, 2.05) is 34.1 Å². The van der Waals surface area contributed by atoms with E-state index in [2.05, 4.69) is 5.32 Å². The zero-order chi connectivity index (χ0) is 27.3. The molecule has 13 heteroatoms. The van der Waals surface area contributed by atoms with Crippen LogP contribution in [0.2, 0.25) is 0 Å². The standard InChI is InChI=1S/C23H26N4O4.C2HF3O2/c28-22(25-11-13-30-14-12-25)17-1-5-20(6-2-17)31-21-7-3-18(4-8-21)27-16-19-15-24-9-10-26(19)23(27)29;3-2(4,5)1(6)7/h1-8,19,24H,9-16H2;(H,6,7)/t19-;/m0./s1. The van der Waals surface area contributed by atoms with Gasteiger partial charge < -0.3 is 29.7 Å². The minimum Gasteiger partial charge on any atom is -0.475 e. The molecule has 3 aliphatic heterocycles. The molecule has 204 valence electrons. The van der Waals surface area contributed by atoms with Gasteiger partial charge in [-0.2, -0.15) is 13.2 Å². The molecule has 3 amide bonds. The summed E-state index contributed by atoms with van der Waals surface area (Å²) in [7, 11) is 0. The van der Waals surface area contributed by atoms with E-state index in [4.69, 9.17) is 19.4 Å². The number of nitrogens with zero attached hydrogens (tertiary/aromatic N) is 3. The summed E-state index contributed by atoms with van der Waals surface area (Å²) >= 11 is 0. The number of urea groups is 1. The van der Waals surface area contributed by atoms with E-state index in [1.165, 1.54) is 0 Å². The molecular weight excluding hydrogens is 509 g/mol. The van der Waals surface area contributed by atoms with Gasteiger partial charge in [-0.1, -0.05) is 0 Å². The van der Waals surface area contributed by atoms with E-state index >= 15 is 0 Å². The van der Waals surface area contributed by atoms with Gasteiger partial charge in [-0.3, -0.25) is 9.69 Å². The second-order valence-electron chi connectivity index (χ2n) is 8.77. The molecule has 2 N–H and O–H groups in total. The third kappa shape index (κ3) is 6.53. The molecule has 3 aliphatic rings. The van der Waals surface area contributed by atoms with Gasteiger partial charge in [0.2, 0.25) is 0 Å². The summed E-state index contributed by atoms with van der Waals surface area (Å²) in [6, 6.07) is 15.0. The van der Waals surface area contributed by atoms with Gasteiger partial charge in [-0.15, -0.1) is 0 Å². The first kappa shape index (κ1) is 27.2. The number of benzene rings is 2. The van der Waals surface area contributed by atoms with Crippen LogP contribution in [0.15, 0.2) is 48.5 Å². The Morgan fingerprint density at radius 1 is 0.974 bits per heavy atom. The number of piperazine rings is 1. The highest BCUT2D eigenvalue weighted by molar-refractivity contribution is 5.95. The number of nitrogens with one attached hydrogen (secondary N) is 1. The van der Waals surface area contributed by atoms with Crippen LogP contribution in [-0.4, -0.2) is 97.5 Å². The molecule has 0 aliphatic carbocycles. The fourth-order valence-corrected chi connectivity index (χ4v) is 4.28. The van der Waals surface area contributed by atoms with E-state index in [0.29, 0.717) is 49.9 Å². The van der Waals surface area contributed by atoms with E-state index < -0.39 is 12.1 Å². The molecule has 38 heavy (non-hydrogen) atoms. The molecule has 10 nitrogen and oxygen atoms in total. The molecule has 2 aromatic rings. The predicted molar refractivity (Wildman–Crippen MR) is 129 cm³/mol. The number of ether oxygens (including phenoxy) is 2. The summed E-state index contributed by atoms with van der Waals surface area (Å²) in [5.41, 5.74) is 1.52. The van der Waals surface area contributed by atoms with E-state index in [1.54, 1.807) is 29.2 Å². The fraction of sp³-hybridized carbons (Fsp3) is 0.400. The smallest absolute Gasteiger partial charge is 0.475 e. The van der Waals surface area contributed by atoms with Crippen molar-refractivity contribution in [2.75, 3.05) is 57.4 Å². The van der Waals surface area contributed by atoms with Crippen molar-refractivity contribution >= 4 is 23.6 Å². The van der Waals surface area contributed by atoms with Gasteiger partial charge in [0, 0.05) is 50.5 Å². The number of amides is 3. The number of carbonyl (C=O) groups is 3. The molecule has 3 heterocycles. The lowest BCUT2D eigenvalue weighted by Crippen LogP contribution is -2.49. The summed E-state index contributed by atoms with van der Waals surface area (Å²) in [4.78, 5) is 39.7. The predicted octanol–water partition coefficient (Wildman–Crippen LogP) is 2.80. The highest BCUT2D eigenvalue weighted by Gasteiger charge is 2.39. The SMILES string of the molecule is O=C(O)C(F)(F)F.O=C(c1ccc(Oc2ccc(N3C[C@@H]4CNCCN4C3=O)cc2)cc1)N1CCOCC1. The molecule has 0 bridgehead atoms. The van der Waals surface area contributed by atoms with Crippen LogP contribution in [0, 0.1) is 0 Å². The van der Waals surface area contributed by atoms with Crippen molar-refractivity contribution in [3.63, 3.8) is 0 Å². The zero-order valence-electron chi connectivity index (χ0n) is 20.3. The normalized spacial score (nSPS) is 19.4. The maximum absolute atomic E-state index is 12.7. The molecule has 0 saturated carbocycles. The largest absolute Gasteiger partial charge is 0.490 e. The van der Waals surface area contributed by atoms with Crippen molar-refractivity contribution < 1.29 is 42.1 Å². The number of hydrogen-bond acceptors (Lipinski definition) is 6. The lowest BCUT2D eigenvalue weighted by Gasteiger charge is -2.28. The number of carbonyl (C=O) groups excluding carboxylic acids is 2. The number of alkyl halides is 3. The van der Waals surface area contributed by atoms with Gasteiger partial charge in [0.05, 0.1) is 19.3 Å². The topological polar surface area (TPSA) is 112 Å². The van der Waals surface area contributed by atoms with Crippen molar-refractivity contribution in [3.05, 3.63) is 54.1 Å². The van der Waals surface area contributed by atoms with Crippen molar-refractivity contribution in [1.29, 1.82) is 0 Å². The number of carboxylic acid groups (broad SMARTS) is 1. The van der Waals surface area contributed by atoms with E-state index in [9.17, 15) is 22.8 Å². The average molecular weight is 537 g/mol. The first-order chi connectivity index (χ1) is 18.1. The first-order valence-corrected chi connectivity index (χ1v) is 12.0. The Bertz CT molecular complexity index is 1140. The van der Waals surface area contributed by atoms with Crippen LogP contribution in [0.5, 0.6) is 11.5 Å². The number of carboxylic acids is 1. The lowest BCUT2D eigenvalue weighted by molar-refractivity contribution is -0.192. The lowest BCUT2D eigenvalue weighted by atomic mass is 10.2.